The molecule has 0 radical (unpaired) electrons. The van der Waals surface area contributed by atoms with Crippen molar-refractivity contribution >= 4 is 31.8 Å². The number of allylic oxidation sites excluding steroid dienone is 2. The van der Waals surface area contributed by atoms with Crippen molar-refractivity contribution in [2.45, 2.75) is 5.54 Å². The quantitative estimate of drug-likeness (QED) is 0.501. The van der Waals surface area contributed by atoms with Crippen LogP contribution in [0.4, 0.5) is 0 Å². The Hall–Kier alpha value is -0.810. The topological polar surface area (TPSA) is 119 Å². The lowest BCUT2D eigenvalue weighted by atomic mass is 9.98. The fraction of sp³-hybridized carbons (Fsp3) is 0.556. The molecule has 0 spiro atoms. The van der Waals surface area contributed by atoms with E-state index in [1.54, 1.807) is 0 Å². The predicted octanol–water partition coefficient (Wildman–Crippen LogP) is -0.197. The zero-order valence-electron chi connectivity index (χ0n) is 10.7. The lowest BCUT2D eigenvalue weighted by Gasteiger charge is -2.36. The van der Waals surface area contributed by atoms with E-state index in [2.05, 4.69) is 9.50 Å². The highest BCUT2D eigenvalue weighted by Crippen LogP contribution is 2.30. The van der Waals surface area contributed by atoms with Crippen LogP contribution >= 0.6 is 11.6 Å². The van der Waals surface area contributed by atoms with Crippen LogP contribution in [0.3, 0.4) is 0 Å². The molecule has 11 heteroatoms. The Morgan fingerprint density at radius 3 is 2.45 bits per heavy atom. The molecule has 0 aromatic rings. The minimum atomic E-state index is -4.46. The number of halogens is 1. The van der Waals surface area contributed by atoms with Crippen LogP contribution in [0, 0.1) is 0 Å². The SMILES string of the molecule is COC1=C(Cl)C=CNC1(COS(C)(=O)=O)CS(=O)(=O)O. The summed E-state index contributed by atoms with van der Waals surface area (Å²) in [4.78, 5) is 0. The van der Waals surface area contributed by atoms with Crippen LogP contribution in [0.25, 0.3) is 0 Å². The summed E-state index contributed by atoms with van der Waals surface area (Å²) < 4.78 is 63.2. The van der Waals surface area contributed by atoms with Crippen LogP contribution in [0.1, 0.15) is 0 Å². The maximum Gasteiger partial charge on any atom is 0.267 e. The first-order valence-corrected chi connectivity index (χ1v) is 8.97. The summed E-state index contributed by atoms with van der Waals surface area (Å²) in [6, 6.07) is 0. The van der Waals surface area contributed by atoms with Crippen LogP contribution in [0.15, 0.2) is 23.1 Å². The molecule has 0 bridgehead atoms. The van der Waals surface area contributed by atoms with Gasteiger partial charge in [-0.3, -0.25) is 8.74 Å². The van der Waals surface area contributed by atoms with Gasteiger partial charge in [0, 0.05) is 0 Å². The molecule has 0 fully saturated rings. The lowest BCUT2D eigenvalue weighted by molar-refractivity contribution is 0.157. The first-order chi connectivity index (χ1) is 8.99. The molecule has 8 nitrogen and oxygen atoms in total. The van der Waals surface area contributed by atoms with Crippen molar-refractivity contribution in [3.05, 3.63) is 23.1 Å². The molecule has 1 unspecified atom stereocenters. The third-order valence-corrected chi connectivity index (χ3v) is 4.09. The molecule has 0 saturated heterocycles. The zero-order chi connectivity index (χ0) is 15.6. The van der Waals surface area contributed by atoms with Gasteiger partial charge in [0.05, 0.1) is 25.0 Å². The Kier molecular flexibility index (Phi) is 5.08. The van der Waals surface area contributed by atoms with E-state index in [0.29, 0.717) is 0 Å². The minimum absolute atomic E-state index is 0.0528. The predicted molar refractivity (Wildman–Crippen MR) is 72.1 cm³/mol. The summed E-state index contributed by atoms with van der Waals surface area (Å²) in [5.74, 6) is -0.929. The third kappa shape index (κ3) is 4.63. The number of ether oxygens (including phenoxy) is 1. The number of methoxy groups -OCH3 is 1. The Morgan fingerprint density at radius 2 is 2.00 bits per heavy atom. The van der Waals surface area contributed by atoms with Gasteiger partial charge in [-0.1, -0.05) is 11.6 Å². The summed E-state index contributed by atoms with van der Waals surface area (Å²) in [6.45, 7) is -0.616. The van der Waals surface area contributed by atoms with E-state index in [1.807, 2.05) is 0 Å². The highest BCUT2D eigenvalue weighted by Gasteiger charge is 2.43. The van der Waals surface area contributed by atoms with Gasteiger partial charge in [-0.15, -0.1) is 0 Å². The Labute approximate surface area is 122 Å². The Bertz CT molecular complexity index is 637. The normalized spacial score (nSPS) is 23.6. The van der Waals surface area contributed by atoms with Gasteiger partial charge in [0.25, 0.3) is 20.2 Å². The van der Waals surface area contributed by atoms with Gasteiger partial charge in [-0.25, -0.2) is 0 Å². The maximum absolute atomic E-state index is 11.2. The fourth-order valence-electron chi connectivity index (χ4n) is 1.71. The zero-order valence-corrected chi connectivity index (χ0v) is 13.0. The second-order valence-electron chi connectivity index (χ2n) is 4.13. The molecule has 0 amide bonds. The average Bonchev–Trinajstić information content (AvgIpc) is 2.23. The van der Waals surface area contributed by atoms with Crippen LogP contribution < -0.4 is 5.32 Å². The molecule has 0 aromatic carbocycles. The molecule has 1 atom stereocenters. The molecule has 1 rings (SSSR count). The van der Waals surface area contributed by atoms with Crippen molar-refractivity contribution in [2.24, 2.45) is 0 Å². The standard InChI is InChI=1S/C9H14ClNO7S2/c1-17-8-7(10)3-4-11-9(8,6-20(14,15)16)5-18-19(2,12)13/h3-4,11H,5-6H2,1-2H3,(H,14,15,16). The smallest absolute Gasteiger partial charge is 0.267 e. The summed E-state index contributed by atoms with van der Waals surface area (Å²) >= 11 is 5.89. The molecular weight excluding hydrogens is 334 g/mol. The van der Waals surface area contributed by atoms with Crippen molar-refractivity contribution in [3.8, 4) is 0 Å². The molecule has 1 heterocycles. The van der Waals surface area contributed by atoms with Crippen molar-refractivity contribution in [2.75, 3.05) is 25.7 Å². The number of hydrogen-bond acceptors (Lipinski definition) is 7. The molecule has 20 heavy (non-hydrogen) atoms. The molecule has 0 aromatic heterocycles. The van der Waals surface area contributed by atoms with Gasteiger partial charge >= 0.3 is 0 Å². The van der Waals surface area contributed by atoms with E-state index in [0.717, 1.165) is 6.26 Å². The maximum atomic E-state index is 11.2. The molecule has 1 aliphatic heterocycles. The van der Waals surface area contributed by atoms with Gasteiger partial charge in [0.2, 0.25) is 0 Å². The summed E-state index contributed by atoms with van der Waals surface area (Å²) in [6.07, 6.45) is 3.51. The van der Waals surface area contributed by atoms with Gasteiger partial charge in [0.1, 0.15) is 17.1 Å². The summed E-state index contributed by atoms with van der Waals surface area (Å²) in [5, 5.41) is 2.68. The van der Waals surface area contributed by atoms with E-state index in [-0.39, 0.29) is 10.8 Å². The average molecular weight is 348 g/mol. The molecular formula is C9H14ClNO7S2. The molecule has 0 aliphatic carbocycles. The highest BCUT2D eigenvalue weighted by molar-refractivity contribution is 7.86. The Morgan fingerprint density at radius 1 is 1.40 bits per heavy atom. The molecule has 2 N–H and O–H groups in total. The van der Waals surface area contributed by atoms with E-state index < -0.39 is 38.1 Å². The van der Waals surface area contributed by atoms with E-state index in [9.17, 15) is 16.8 Å². The number of dihydropyridines is 1. The third-order valence-electron chi connectivity index (χ3n) is 2.39. The molecule has 1 aliphatic rings. The second-order valence-corrected chi connectivity index (χ2v) is 7.64. The lowest BCUT2D eigenvalue weighted by Crippen LogP contribution is -2.55. The summed E-state index contributed by atoms with van der Waals surface area (Å²) in [5.41, 5.74) is -1.64. The number of hydrogen-bond donors (Lipinski definition) is 2. The van der Waals surface area contributed by atoms with Gasteiger partial charge in [-0.2, -0.15) is 16.8 Å². The minimum Gasteiger partial charge on any atom is -0.497 e. The monoisotopic (exact) mass is 347 g/mol. The first-order valence-electron chi connectivity index (χ1n) is 5.17. The van der Waals surface area contributed by atoms with Gasteiger partial charge in [-0.05, 0) is 12.3 Å². The van der Waals surface area contributed by atoms with Crippen molar-refractivity contribution in [3.63, 3.8) is 0 Å². The summed E-state index contributed by atoms with van der Waals surface area (Å²) in [7, 11) is -7.05. The van der Waals surface area contributed by atoms with Crippen molar-refractivity contribution in [1.29, 1.82) is 0 Å². The largest absolute Gasteiger partial charge is 0.497 e. The van der Waals surface area contributed by atoms with Crippen LogP contribution in [-0.4, -0.2) is 52.7 Å². The second kappa shape index (κ2) is 5.90. The van der Waals surface area contributed by atoms with Crippen LogP contribution in [0.2, 0.25) is 0 Å². The number of nitrogens with one attached hydrogen (secondary N) is 1. The molecule has 0 saturated carbocycles. The van der Waals surface area contributed by atoms with Gasteiger partial charge < -0.3 is 10.1 Å². The Balaban J connectivity index is 3.24. The first kappa shape index (κ1) is 17.2. The van der Waals surface area contributed by atoms with Gasteiger partial charge in [0.15, 0.2) is 0 Å². The van der Waals surface area contributed by atoms with Crippen molar-refractivity contribution in [1.82, 2.24) is 5.32 Å². The number of rotatable bonds is 6. The van der Waals surface area contributed by atoms with E-state index >= 15 is 0 Å². The van der Waals surface area contributed by atoms with E-state index in [4.69, 9.17) is 20.9 Å². The van der Waals surface area contributed by atoms with E-state index in [1.165, 1.54) is 19.4 Å². The van der Waals surface area contributed by atoms with Crippen LogP contribution in [-0.2, 0) is 29.2 Å². The van der Waals surface area contributed by atoms with Crippen molar-refractivity contribution < 1.29 is 30.3 Å². The fourth-order valence-corrected chi connectivity index (χ4v) is 3.37. The highest BCUT2D eigenvalue weighted by atomic mass is 35.5. The van der Waals surface area contributed by atoms with Crippen LogP contribution in [0.5, 0.6) is 0 Å². The molecule has 116 valence electrons.